The second kappa shape index (κ2) is 5.33. The minimum absolute atomic E-state index is 0.0709. The Bertz CT molecular complexity index is 677. The first-order valence-corrected chi connectivity index (χ1v) is 5.75. The van der Waals surface area contributed by atoms with E-state index in [1.807, 2.05) is 6.07 Å². The third-order valence-electron chi connectivity index (χ3n) is 2.71. The van der Waals surface area contributed by atoms with Gasteiger partial charge in [0, 0.05) is 12.8 Å². The monoisotopic (exact) mass is 281 g/mol. The summed E-state index contributed by atoms with van der Waals surface area (Å²) in [5.41, 5.74) is 0.320. The summed E-state index contributed by atoms with van der Waals surface area (Å²) in [4.78, 5) is 7.08. The van der Waals surface area contributed by atoms with Crippen LogP contribution in [0.1, 0.15) is 17.9 Å². The number of halogens is 3. The largest absolute Gasteiger partial charge is 0.496 e. The summed E-state index contributed by atoms with van der Waals surface area (Å²) in [7, 11) is 1.42. The van der Waals surface area contributed by atoms with E-state index < -0.39 is 12.0 Å². The molecular formula is C13H10F3N3O. The normalized spacial score (nSPS) is 11.3. The molecule has 4 nitrogen and oxygen atoms in total. The van der Waals surface area contributed by atoms with Crippen LogP contribution in [0, 0.1) is 11.3 Å². The lowest BCUT2D eigenvalue weighted by Crippen LogP contribution is -2.13. The average molecular weight is 281 g/mol. The van der Waals surface area contributed by atoms with Crippen LogP contribution < -0.4 is 4.74 Å². The van der Waals surface area contributed by atoms with Gasteiger partial charge >= 0.3 is 6.18 Å². The number of nitriles is 1. The first-order valence-electron chi connectivity index (χ1n) is 5.75. The van der Waals surface area contributed by atoms with Gasteiger partial charge in [-0.25, -0.2) is 9.97 Å². The van der Waals surface area contributed by atoms with Gasteiger partial charge in [0.1, 0.15) is 5.75 Å². The zero-order valence-electron chi connectivity index (χ0n) is 10.5. The smallest absolute Gasteiger partial charge is 0.451 e. The summed E-state index contributed by atoms with van der Waals surface area (Å²) in [6, 6.07) is 6.53. The first-order chi connectivity index (χ1) is 9.47. The van der Waals surface area contributed by atoms with Gasteiger partial charge in [-0.15, -0.1) is 0 Å². The molecule has 0 unspecified atom stereocenters. The van der Waals surface area contributed by atoms with E-state index in [9.17, 15) is 13.2 Å². The van der Waals surface area contributed by atoms with Crippen molar-refractivity contribution in [1.82, 2.24) is 9.97 Å². The van der Waals surface area contributed by atoms with E-state index in [2.05, 4.69) is 9.97 Å². The van der Waals surface area contributed by atoms with Gasteiger partial charge in [0.25, 0.3) is 0 Å². The van der Waals surface area contributed by atoms with E-state index in [1.54, 1.807) is 12.1 Å². The number of benzene rings is 1. The van der Waals surface area contributed by atoms with Gasteiger partial charge in [-0.1, -0.05) is 6.07 Å². The fraction of sp³-hybridized carbons (Fsp3) is 0.308. The Balaban J connectivity index is 2.72. The third kappa shape index (κ3) is 2.64. The molecule has 2 aromatic rings. The molecule has 0 bridgehead atoms. The summed E-state index contributed by atoms with van der Waals surface area (Å²) in [6.45, 7) is 0. The highest BCUT2D eigenvalue weighted by atomic mass is 19.4. The zero-order chi connectivity index (χ0) is 14.8. The SMILES string of the molecule is COc1cccc2nc(C(F)(F)F)nc(CCC#N)c12. The molecule has 104 valence electrons. The summed E-state index contributed by atoms with van der Waals surface area (Å²) < 4.78 is 43.5. The van der Waals surface area contributed by atoms with Crippen LogP contribution in [0.3, 0.4) is 0 Å². The number of hydrogen-bond acceptors (Lipinski definition) is 4. The van der Waals surface area contributed by atoms with Gasteiger partial charge in [0.05, 0.1) is 29.8 Å². The number of rotatable bonds is 3. The molecule has 0 atom stereocenters. The lowest BCUT2D eigenvalue weighted by Gasteiger charge is -2.12. The van der Waals surface area contributed by atoms with E-state index in [-0.39, 0.29) is 24.1 Å². The Morgan fingerprint density at radius 3 is 2.65 bits per heavy atom. The Kier molecular flexibility index (Phi) is 3.74. The number of aryl methyl sites for hydroxylation is 1. The van der Waals surface area contributed by atoms with Crippen LogP contribution in [0.2, 0.25) is 0 Å². The Labute approximate surface area is 112 Å². The molecule has 0 aliphatic rings. The summed E-state index contributed by atoms with van der Waals surface area (Å²) in [5, 5.41) is 9.02. The summed E-state index contributed by atoms with van der Waals surface area (Å²) in [5.74, 6) is -0.810. The Morgan fingerprint density at radius 1 is 1.30 bits per heavy atom. The number of fused-ring (bicyclic) bond motifs is 1. The molecule has 20 heavy (non-hydrogen) atoms. The van der Waals surface area contributed by atoms with Crippen molar-refractivity contribution < 1.29 is 17.9 Å². The lowest BCUT2D eigenvalue weighted by molar-refractivity contribution is -0.144. The van der Waals surface area contributed by atoms with Gasteiger partial charge in [-0.3, -0.25) is 0 Å². The molecular weight excluding hydrogens is 271 g/mol. The van der Waals surface area contributed by atoms with Crippen LogP contribution >= 0.6 is 0 Å². The second-order valence-electron chi connectivity index (χ2n) is 4.00. The Hall–Kier alpha value is -2.36. The van der Waals surface area contributed by atoms with Crippen molar-refractivity contribution >= 4 is 10.9 Å². The zero-order valence-corrected chi connectivity index (χ0v) is 10.5. The third-order valence-corrected chi connectivity index (χ3v) is 2.71. The number of alkyl halides is 3. The second-order valence-corrected chi connectivity index (χ2v) is 4.00. The maximum atomic E-state index is 12.8. The van der Waals surface area contributed by atoms with Gasteiger partial charge < -0.3 is 4.74 Å². The van der Waals surface area contributed by atoms with Crippen LogP contribution in [-0.2, 0) is 12.6 Å². The molecule has 0 spiro atoms. The number of aromatic nitrogens is 2. The molecule has 1 aromatic carbocycles. The summed E-state index contributed by atoms with van der Waals surface area (Å²) in [6.07, 6.45) is -4.45. The molecule has 0 saturated heterocycles. The predicted molar refractivity (Wildman–Crippen MR) is 65.0 cm³/mol. The molecule has 0 fully saturated rings. The molecule has 1 heterocycles. The highest BCUT2D eigenvalue weighted by Crippen LogP contribution is 2.32. The summed E-state index contributed by atoms with van der Waals surface area (Å²) >= 11 is 0. The van der Waals surface area contributed by atoms with Crippen LogP contribution in [0.15, 0.2) is 18.2 Å². The molecule has 0 aliphatic carbocycles. The molecule has 1 aromatic heterocycles. The van der Waals surface area contributed by atoms with Gasteiger partial charge in [0.15, 0.2) is 0 Å². The van der Waals surface area contributed by atoms with Crippen LogP contribution in [-0.4, -0.2) is 17.1 Å². The van der Waals surface area contributed by atoms with Crippen LogP contribution in [0.5, 0.6) is 5.75 Å². The minimum Gasteiger partial charge on any atom is -0.496 e. The topological polar surface area (TPSA) is 58.8 Å². The quantitative estimate of drug-likeness (QED) is 0.867. The van der Waals surface area contributed by atoms with Crippen molar-refractivity contribution in [3.8, 4) is 11.8 Å². The number of nitrogens with zero attached hydrogens (tertiary/aromatic N) is 3. The highest BCUT2D eigenvalue weighted by molar-refractivity contribution is 5.87. The van der Waals surface area contributed by atoms with E-state index in [1.165, 1.54) is 13.2 Å². The highest BCUT2D eigenvalue weighted by Gasteiger charge is 2.35. The van der Waals surface area contributed by atoms with E-state index >= 15 is 0 Å². The van der Waals surface area contributed by atoms with Crippen molar-refractivity contribution in [1.29, 1.82) is 5.26 Å². The molecule has 2 rings (SSSR count). The molecule has 0 amide bonds. The Morgan fingerprint density at radius 2 is 2.05 bits per heavy atom. The van der Waals surface area contributed by atoms with Crippen LogP contribution in [0.25, 0.3) is 10.9 Å². The van der Waals surface area contributed by atoms with Crippen LogP contribution in [0.4, 0.5) is 13.2 Å². The maximum Gasteiger partial charge on any atom is 0.451 e. The lowest BCUT2D eigenvalue weighted by atomic mass is 10.1. The van der Waals surface area contributed by atoms with Gasteiger partial charge in [-0.2, -0.15) is 18.4 Å². The predicted octanol–water partition coefficient (Wildman–Crippen LogP) is 3.11. The molecule has 0 N–H and O–H groups in total. The fourth-order valence-electron chi connectivity index (χ4n) is 1.88. The van der Waals surface area contributed by atoms with Crippen molar-refractivity contribution in [3.05, 3.63) is 29.7 Å². The minimum atomic E-state index is -4.63. The molecule has 7 heteroatoms. The van der Waals surface area contributed by atoms with Gasteiger partial charge in [-0.05, 0) is 12.1 Å². The average Bonchev–Trinajstić information content (AvgIpc) is 2.42. The molecule has 0 aliphatic heterocycles. The van der Waals surface area contributed by atoms with Crippen molar-refractivity contribution in [2.75, 3.05) is 7.11 Å². The number of hydrogen-bond donors (Lipinski definition) is 0. The van der Waals surface area contributed by atoms with E-state index in [0.29, 0.717) is 11.1 Å². The van der Waals surface area contributed by atoms with Crippen molar-refractivity contribution in [2.24, 2.45) is 0 Å². The molecule has 0 saturated carbocycles. The maximum absolute atomic E-state index is 12.8. The standard InChI is InChI=1S/C13H10F3N3O/c1-20-10-6-2-4-8-11(10)9(5-3-7-17)19-12(18-8)13(14,15)16/h2,4,6H,3,5H2,1H3. The first kappa shape index (κ1) is 14.1. The molecule has 0 radical (unpaired) electrons. The number of methoxy groups -OCH3 is 1. The van der Waals surface area contributed by atoms with Gasteiger partial charge in [0.2, 0.25) is 5.82 Å². The van der Waals surface area contributed by atoms with Crippen molar-refractivity contribution in [2.45, 2.75) is 19.0 Å². The fourth-order valence-corrected chi connectivity index (χ4v) is 1.88. The van der Waals surface area contributed by atoms with Crippen molar-refractivity contribution in [3.63, 3.8) is 0 Å². The number of ether oxygens (including phenoxy) is 1. The van der Waals surface area contributed by atoms with E-state index in [4.69, 9.17) is 10.00 Å². The van der Waals surface area contributed by atoms with E-state index in [0.717, 1.165) is 0 Å².